The second-order valence-electron chi connectivity index (χ2n) is 5.43. The van der Waals surface area contributed by atoms with Gasteiger partial charge < -0.3 is 5.32 Å². The standard InChI is InChI=1S/C18H13Cl2N3O3S/c19-15-8-7-14(11-16(15)20)27(25,26)23-13-5-3-4-12(10-13)18(24)22-17-6-1-2-9-21-17/h1-11,23H,(H,21,22,24). The summed E-state index contributed by atoms with van der Waals surface area (Å²) in [6.45, 7) is 0. The van der Waals surface area contributed by atoms with Crippen LogP contribution in [0.5, 0.6) is 0 Å². The average Bonchev–Trinajstić information content (AvgIpc) is 2.64. The molecule has 6 nitrogen and oxygen atoms in total. The van der Waals surface area contributed by atoms with E-state index in [1.54, 1.807) is 36.5 Å². The molecule has 3 rings (SSSR count). The van der Waals surface area contributed by atoms with Crippen molar-refractivity contribution in [3.8, 4) is 0 Å². The molecule has 0 atom stereocenters. The Morgan fingerprint density at radius 2 is 1.74 bits per heavy atom. The second kappa shape index (κ2) is 7.96. The van der Waals surface area contributed by atoms with Crippen LogP contribution < -0.4 is 10.0 Å². The molecule has 27 heavy (non-hydrogen) atoms. The maximum Gasteiger partial charge on any atom is 0.261 e. The van der Waals surface area contributed by atoms with E-state index in [1.807, 2.05) is 0 Å². The summed E-state index contributed by atoms with van der Waals surface area (Å²) in [7, 11) is -3.89. The van der Waals surface area contributed by atoms with Gasteiger partial charge in [0.1, 0.15) is 5.82 Å². The van der Waals surface area contributed by atoms with Crippen molar-refractivity contribution in [2.45, 2.75) is 4.90 Å². The highest BCUT2D eigenvalue weighted by molar-refractivity contribution is 7.92. The van der Waals surface area contributed by atoms with Crippen LogP contribution in [0.1, 0.15) is 10.4 Å². The van der Waals surface area contributed by atoms with Crippen LogP contribution in [0, 0.1) is 0 Å². The molecule has 1 aromatic heterocycles. The lowest BCUT2D eigenvalue weighted by Crippen LogP contribution is -2.15. The van der Waals surface area contributed by atoms with Gasteiger partial charge >= 0.3 is 0 Å². The largest absolute Gasteiger partial charge is 0.307 e. The minimum absolute atomic E-state index is 0.0414. The molecule has 2 N–H and O–H groups in total. The first-order valence-electron chi connectivity index (χ1n) is 7.65. The molecule has 0 spiro atoms. The fourth-order valence-corrected chi connectivity index (χ4v) is 3.65. The molecular weight excluding hydrogens is 409 g/mol. The summed E-state index contributed by atoms with van der Waals surface area (Å²) < 4.78 is 27.4. The van der Waals surface area contributed by atoms with Crippen LogP contribution >= 0.6 is 23.2 Å². The summed E-state index contributed by atoms with van der Waals surface area (Å²) in [5.74, 6) is -0.0198. The Hall–Kier alpha value is -2.61. The van der Waals surface area contributed by atoms with Crippen molar-refractivity contribution >= 4 is 50.6 Å². The van der Waals surface area contributed by atoms with E-state index in [0.717, 1.165) is 0 Å². The third kappa shape index (κ3) is 4.77. The lowest BCUT2D eigenvalue weighted by atomic mass is 10.2. The first-order valence-corrected chi connectivity index (χ1v) is 9.89. The fourth-order valence-electron chi connectivity index (χ4n) is 2.21. The second-order valence-corrected chi connectivity index (χ2v) is 7.93. The van der Waals surface area contributed by atoms with Gasteiger partial charge in [-0.15, -0.1) is 0 Å². The highest BCUT2D eigenvalue weighted by Crippen LogP contribution is 2.26. The van der Waals surface area contributed by atoms with Crippen molar-refractivity contribution < 1.29 is 13.2 Å². The monoisotopic (exact) mass is 421 g/mol. The smallest absolute Gasteiger partial charge is 0.261 e. The van der Waals surface area contributed by atoms with Crippen molar-refractivity contribution in [2.75, 3.05) is 10.0 Å². The molecular formula is C18H13Cl2N3O3S. The van der Waals surface area contributed by atoms with Gasteiger partial charge in [-0.2, -0.15) is 0 Å². The lowest BCUT2D eigenvalue weighted by Gasteiger charge is -2.10. The van der Waals surface area contributed by atoms with E-state index in [-0.39, 0.29) is 26.2 Å². The lowest BCUT2D eigenvalue weighted by molar-refractivity contribution is 0.102. The summed E-state index contributed by atoms with van der Waals surface area (Å²) in [6.07, 6.45) is 1.55. The summed E-state index contributed by atoms with van der Waals surface area (Å²) in [5, 5.41) is 3.02. The molecule has 0 fully saturated rings. The molecule has 138 valence electrons. The molecule has 0 unspecified atom stereocenters. The SMILES string of the molecule is O=C(Nc1ccccn1)c1cccc(NS(=O)(=O)c2ccc(Cl)c(Cl)c2)c1. The number of aromatic nitrogens is 1. The van der Waals surface area contributed by atoms with Crippen LogP contribution in [0.15, 0.2) is 71.8 Å². The maximum absolute atomic E-state index is 12.5. The number of carbonyl (C=O) groups excluding carboxylic acids is 1. The number of pyridine rings is 1. The molecule has 3 aromatic rings. The number of benzene rings is 2. The van der Waals surface area contributed by atoms with E-state index in [9.17, 15) is 13.2 Å². The summed E-state index contributed by atoms with van der Waals surface area (Å²) in [5.41, 5.74) is 0.504. The Labute approximate surface area is 166 Å². The molecule has 1 heterocycles. The summed E-state index contributed by atoms with van der Waals surface area (Å²) >= 11 is 11.7. The van der Waals surface area contributed by atoms with Gasteiger partial charge in [0.25, 0.3) is 15.9 Å². The van der Waals surface area contributed by atoms with E-state index in [0.29, 0.717) is 5.82 Å². The Bertz CT molecular complexity index is 1090. The van der Waals surface area contributed by atoms with Crippen molar-refractivity contribution in [3.05, 3.63) is 82.5 Å². The van der Waals surface area contributed by atoms with Gasteiger partial charge in [0, 0.05) is 17.4 Å². The van der Waals surface area contributed by atoms with E-state index >= 15 is 0 Å². The summed E-state index contributed by atoms with van der Waals surface area (Å²) in [6, 6.07) is 15.2. The van der Waals surface area contributed by atoms with E-state index in [2.05, 4.69) is 15.0 Å². The zero-order valence-electron chi connectivity index (χ0n) is 13.7. The third-order valence-corrected chi connectivity index (χ3v) is 5.60. The predicted molar refractivity (Wildman–Crippen MR) is 106 cm³/mol. The van der Waals surface area contributed by atoms with E-state index < -0.39 is 15.9 Å². The molecule has 0 aliphatic carbocycles. The number of rotatable bonds is 5. The highest BCUT2D eigenvalue weighted by Gasteiger charge is 2.16. The molecule has 0 aliphatic rings. The average molecular weight is 422 g/mol. The normalized spacial score (nSPS) is 11.0. The number of carbonyl (C=O) groups is 1. The fraction of sp³-hybridized carbons (Fsp3) is 0. The first-order chi connectivity index (χ1) is 12.8. The number of hydrogen-bond donors (Lipinski definition) is 2. The van der Waals surface area contributed by atoms with Crippen molar-refractivity contribution in [1.82, 2.24) is 4.98 Å². The number of anilines is 2. The van der Waals surface area contributed by atoms with Crippen molar-refractivity contribution in [3.63, 3.8) is 0 Å². The van der Waals surface area contributed by atoms with Crippen LogP contribution in [0.25, 0.3) is 0 Å². The Balaban J connectivity index is 1.80. The van der Waals surface area contributed by atoms with Crippen molar-refractivity contribution in [1.29, 1.82) is 0 Å². The Kier molecular flexibility index (Phi) is 5.65. The van der Waals surface area contributed by atoms with Gasteiger partial charge in [0.05, 0.1) is 14.9 Å². The number of halogens is 2. The van der Waals surface area contributed by atoms with Gasteiger partial charge in [-0.05, 0) is 48.5 Å². The van der Waals surface area contributed by atoms with E-state index in [1.165, 1.54) is 30.3 Å². The number of nitrogens with one attached hydrogen (secondary N) is 2. The van der Waals surface area contributed by atoms with Crippen LogP contribution in [-0.4, -0.2) is 19.3 Å². The minimum Gasteiger partial charge on any atom is -0.307 e. The summed E-state index contributed by atoms with van der Waals surface area (Å²) in [4.78, 5) is 16.3. The zero-order valence-corrected chi connectivity index (χ0v) is 16.0. The van der Waals surface area contributed by atoms with Crippen LogP contribution in [-0.2, 0) is 10.0 Å². The molecule has 0 bridgehead atoms. The number of amides is 1. The van der Waals surface area contributed by atoms with Gasteiger partial charge in [0.15, 0.2) is 0 Å². The van der Waals surface area contributed by atoms with Gasteiger partial charge in [-0.25, -0.2) is 13.4 Å². The highest BCUT2D eigenvalue weighted by atomic mass is 35.5. The van der Waals surface area contributed by atoms with Gasteiger partial charge in [0.2, 0.25) is 0 Å². The van der Waals surface area contributed by atoms with Gasteiger partial charge in [-0.3, -0.25) is 9.52 Å². The minimum atomic E-state index is -3.89. The quantitative estimate of drug-likeness (QED) is 0.636. The first kappa shape index (κ1) is 19.2. The van der Waals surface area contributed by atoms with Crippen LogP contribution in [0.4, 0.5) is 11.5 Å². The molecule has 9 heteroatoms. The Morgan fingerprint density at radius 3 is 2.44 bits per heavy atom. The molecule has 2 aromatic carbocycles. The topological polar surface area (TPSA) is 88.2 Å². The predicted octanol–water partition coefficient (Wildman–Crippen LogP) is 4.44. The third-order valence-electron chi connectivity index (χ3n) is 3.48. The van der Waals surface area contributed by atoms with Gasteiger partial charge in [-0.1, -0.05) is 35.3 Å². The number of sulfonamides is 1. The van der Waals surface area contributed by atoms with E-state index in [4.69, 9.17) is 23.2 Å². The molecule has 0 saturated carbocycles. The molecule has 0 aliphatic heterocycles. The number of hydrogen-bond acceptors (Lipinski definition) is 4. The Morgan fingerprint density at radius 1 is 0.926 bits per heavy atom. The van der Waals surface area contributed by atoms with Crippen LogP contribution in [0.3, 0.4) is 0 Å². The zero-order chi connectivity index (χ0) is 19.4. The molecule has 0 radical (unpaired) electrons. The maximum atomic E-state index is 12.5. The van der Waals surface area contributed by atoms with Crippen LogP contribution in [0.2, 0.25) is 10.0 Å². The molecule has 1 amide bonds. The molecule has 0 saturated heterocycles. The number of nitrogens with zero attached hydrogens (tertiary/aromatic N) is 1. The van der Waals surface area contributed by atoms with Crippen molar-refractivity contribution in [2.24, 2.45) is 0 Å².